The highest BCUT2D eigenvalue weighted by molar-refractivity contribution is 5.91. The van der Waals surface area contributed by atoms with Crippen LogP contribution in [0.2, 0.25) is 0 Å². The Morgan fingerprint density at radius 2 is 2.05 bits per heavy atom. The van der Waals surface area contributed by atoms with Crippen LogP contribution >= 0.6 is 0 Å². The summed E-state index contributed by atoms with van der Waals surface area (Å²) in [5.41, 5.74) is 1.13. The van der Waals surface area contributed by atoms with E-state index in [-0.39, 0.29) is 17.4 Å². The predicted molar refractivity (Wildman–Crippen MR) is 76.8 cm³/mol. The molecule has 0 radical (unpaired) electrons. The van der Waals surface area contributed by atoms with Gasteiger partial charge in [-0.25, -0.2) is 0 Å². The third-order valence-corrected chi connectivity index (χ3v) is 3.16. The summed E-state index contributed by atoms with van der Waals surface area (Å²) in [6.07, 6.45) is 2.95. The van der Waals surface area contributed by atoms with Crippen LogP contribution < -0.4 is 0 Å². The van der Waals surface area contributed by atoms with Crippen molar-refractivity contribution in [1.29, 1.82) is 0 Å². The first-order chi connectivity index (χ1) is 10.7. The molecule has 22 heavy (non-hydrogen) atoms. The van der Waals surface area contributed by atoms with Crippen molar-refractivity contribution in [1.82, 2.24) is 20.3 Å². The van der Waals surface area contributed by atoms with Crippen LogP contribution in [0.3, 0.4) is 0 Å². The van der Waals surface area contributed by atoms with E-state index in [2.05, 4.69) is 15.4 Å². The Morgan fingerprint density at radius 3 is 2.68 bits per heavy atom. The van der Waals surface area contributed by atoms with E-state index in [1.54, 1.807) is 47.6 Å². The molecule has 0 fully saturated rings. The van der Waals surface area contributed by atoms with E-state index >= 15 is 0 Å². The number of carbonyl (C=O) groups excluding carboxylic acids is 1. The molecule has 2 heterocycles. The maximum absolute atomic E-state index is 12.5. The van der Waals surface area contributed by atoms with Crippen molar-refractivity contribution in [2.24, 2.45) is 0 Å². The van der Waals surface area contributed by atoms with Gasteiger partial charge >= 0.3 is 0 Å². The third kappa shape index (κ3) is 3.14. The van der Waals surface area contributed by atoms with Gasteiger partial charge in [0.05, 0.1) is 19.0 Å². The smallest absolute Gasteiger partial charge is 0.276 e. The second-order valence-corrected chi connectivity index (χ2v) is 4.76. The van der Waals surface area contributed by atoms with Gasteiger partial charge in [0, 0.05) is 6.54 Å². The van der Waals surface area contributed by atoms with Gasteiger partial charge in [0.1, 0.15) is 11.5 Å². The molecular formula is C15H14N4O3. The van der Waals surface area contributed by atoms with Crippen LogP contribution in [0.25, 0.3) is 0 Å². The average molecular weight is 298 g/mol. The van der Waals surface area contributed by atoms with E-state index in [1.165, 1.54) is 6.20 Å². The fraction of sp³-hybridized carbons (Fsp3) is 0.133. The summed E-state index contributed by atoms with van der Waals surface area (Å²) in [7, 11) is 0. The first kappa shape index (κ1) is 13.9. The number of nitrogens with one attached hydrogen (secondary N) is 1. The molecule has 1 aromatic carbocycles. The standard InChI is InChI=1S/C15H14N4O3/c20-12-5-3-11(4-6-12)9-19(10-13-2-1-7-22-13)15(21)14-8-16-18-17-14/h1-8,20H,9-10H2,(H,16,17,18). The van der Waals surface area contributed by atoms with Gasteiger partial charge in [-0.15, -0.1) is 0 Å². The quantitative estimate of drug-likeness (QED) is 0.750. The van der Waals surface area contributed by atoms with Gasteiger partial charge < -0.3 is 14.4 Å². The molecule has 2 aromatic heterocycles. The number of hydrogen-bond acceptors (Lipinski definition) is 5. The molecule has 112 valence electrons. The number of rotatable bonds is 5. The van der Waals surface area contributed by atoms with Crippen LogP contribution in [0, 0.1) is 0 Å². The summed E-state index contributed by atoms with van der Waals surface area (Å²) in [5.74, 6) is 0.609. The molecule has 0 atom stereocenters. The molecule has 2 N–H and O–H groups in total. The highest BCUT2D eigenvalue weighted by atomic mass is 16.3. The molecule has 0 saturated heterocycles. The van der Waals surface area contributed by atoms with Crippen LogP contribution in [-0.2, 0) is 13.1 Å². The Kier molecular flexibility index (Phi) is 3.86. The highest BCUT2D eigenvalue weighted by Gasteiger charge is 2.20. The van der Waals surface area contributed by atoms with E-state index in [9.17, 15) is 9.90 Å². The van der Waals surface area contributed by atoms with Gasteiger partial charge in [-0.05, 0) is 29.8 Å². The molecule has 0 saturated carbocycles. The number of amides is 1. The minimum Gasteiger partial charge on any atom is -0.508 e. The molecule has 0 aliphatic heterocycles. The molecule has 0 spiro atoms. The van der Waals surface area contributed by atoms with E-state index < -0.39 is 0 Å². The van der Waals surface area contributed by atoms with Gasteiger partial charge in [0.15, 0.2) is 5.69 Å². The minimum atomic E-state index is -0.252. The average Bonchev–Trinajstić information content (AvgIpc) is 3.21. The summed E-state index contributed by atoms with van der Waals surface area (Å²) >= 11 is 0. The zero-order chi connectivity index (χ0) is 15.4. The second-order valence-electron chi connectivity index (χ2n) is 4.76. The zero-order valence-corrected chi connectivity index (χ0v) is 11.6. The summed E-state index contributed by atoms with van der Waals surface area (Å²) in [4.78, 5) is 14.1. The number of nitrogens with zero attached hydrogens (tertiary/aromatic N) is 3. The number of phenolic OH excluding ortho intramolecular Hbond substituents is 1. The van der Waals surface area contributed by atoms with Crippen molar-refractivity contribution in [3.63, 3.8) is 0 Å². The highest BCUT2D eigenvalue weighted by Crippen LogP contribution is 2.15. The molecule has 7 heteroatoms. The molecule has 0 unspecified atom stereocenters. The molecular weight excluding hydrogens is 284 g/mol. The summed E-state index contributed by atoms with van der Waals surface area (Å²) < 4.78 is 5.31. The van der Waals surface area contributed by atoms with Crippen LogP contribution in [0.5, 0.6) is 5.75 Å². The number of aromatic nitrogens is 3. The molecule has 1 amide bonds. The summed E-state index contributed by atoms with van der Waals surface area (Å²) in [6.45, 7) is 0.687. The fourth-order valence-electron chi connectivity index (χ4n) is 2.08. The maximum Gasteiger partial charge on any atom is 0.276 e. The van der Waals surface area contributed by atoms with Crippen molar-refractivity contribution in [2.45, 2.75) is 13.1 Å². The van der Waals surface area contributed by atoms with Crippen molar-refractivity contribution < 1.29 is 14.3 Å². The van der Waals surface area contributed by atoms with Crippen molar-refractivity contribution >= 4 is 5.91 Å². The van der Waals surface area contributed by atoms with E-state index in [0.29, 0.717) is 18.8 Å². The van der Waals surface area contributed by atoms with E-state index in [1.807, 2.05) is 0 Å². The lowest BCUT2D eigenvalue weighted by molar-refractivity contribution is 0.0711. The number of aromatic hydroxyl groups is 1. The van der Waals surface area contributed by atoms with Crippen LogP contribution in [0.4, 0.5) is 0 Å². The number of carbonyl (C=O) groups is 1. The van der Waals surface area contributed by atoms with Gasteiger partial charge in [-0.1, -0.05) is 12.1 Å². The lowest BCUT2D eigenvalue weighted by Crippen LogP contribution is -2.30. The van der Waals surface area contributed by atoms with Crippen LogP contribution in [0.15, 0.2) is 53.3 Å². The number of benzene rings is 1. The van der Waals surface area contributed by atoms with Crippen molar-refractivity contribution in [3.8, 4) is 5.75 Å². The van der Waals surface area contributed by atoms with Crippen LogP contribution in [-0.4, -0.2) is 31.3 Å². The van der Waals surface area contributed by atoms with Crippen molar-refractivity contribution in [3.05, 3.63) is 65.9 Å². The lowest BCUT2D eigenvalue weighted by atomic mass is 10.2. The number of aromatic amines is 1. The lowest BCUT2D eigenvalue weighted by Gasteiger charge is -2.20. The summed E-state index contributed by atoms with van der Waals surface area (Å²) in [6, 6.07) is 10.3. The van der Waals surface area contributed by atoms with Crippen LogP contribution in [0.1, 0.15) is 21.8 Å². The number of hydrogen-bond donors (Lipinski definition) is 2. The van der Waals surface area contributed by atoms with Gasteiger partial charge in [0.2, 0.25) is 0 Å². The fourth-order valence-corrected chi connectivity index (χ4v) is 2.08. The molecule has 7 nitrogen and oxygen atoms in total. The zero-order valence-electron chi connectivity index (χ0n) is 11.6. The predicted octanol–water partition coefficient (Wildman–Crippen LogP) is 1.95. The molecule has 3 aromatic rings. The topological polar surface area (TPSA) is 95.2 Å². The number of furan rings is 1. The van der Waals surface area contributed by atoms with E-state index in [4.69, 9.17) is 4.42 Å². The Morgan fingerprint density at radius 1 is 1.23 bits per heavy atom. The van der Waals surface area contributed by atoms with Gasteiger partial charge in [0.25, 0.3) is 5.91 Å². The summed E-state index contributed by atoms with van der Waals surface area (Å²) in [5, 5.41) is 19.3. The normalized spacial score (nSPS) is 10.5. The molecule has 3 rings (SSSR count). The molecule has 0 aliphatic carbocycles. The van der Waals surface area contributed by atoms with Crippen molar-refractivity contribution in [2.75, 3.05) is 0 Å². The Bertz CT molecular complexity index is 721. The second kappa shape index (κ2) is 6.13. The maximum atomic E-state index is 12.5. The Labute approximate surface area is 126 Å². The first-order valence-electron chi connectivity index (χ1n) is 6.68. The van der Waals surface area contributed by atoms with Gasteiger partial charge in [-0.2, -0.15) is 15.4 Å². The molecule has 0 bridgehead atoms. The van der Waals surface area contributed by atoms with E-state index in [0.717, 1.165) is 5.56 Å². The SMILES string of the molecule is O=C(c1cn[nH]n1)N(Cc1ccc(O)cc1)Cc1ccco1. The Balaban J connectivity index is 1.82. The Hall–Kier alpha value is -3.09. The number of H-pyrrole nitrogens is 1. The third-order valence-electron chi connectivity index (χ3n) is 3.16. The molecule has 0 aliphatic rings. The first-order valence-corrected chi connectivity index (χ1v) is 6.68. The largest absolute Gasteiger partial charge is 0.508 e. The van der Waals surface area contributed by atoms with Gasteiger partial charge in [-0.3, -0.25) is 4.79 Å². The monoisotopic (exact) mass is 298 g/mol. The minimum absolute atomic E-state index is 0.184. The number of phenols is 1.